The van der Waals surface area contributed by atoms with E-state index in [1.165, 1.54) is 5.57 Å². The molecule has 0 aromatic heterocycles. The van der Waals surface area contributed by atoms with Gasteiger partial charge in [0.1, 0.15) is 71.1 Å². The van der Waals surface area contributed by atoms with Gasteiger partial charge in [-0.3, -0.25) is 24.0 Å². The van der Waals surface area contributed by atoms with Gasteiger partial charge in [-0.05, 0) is 187 Å². The zero-order valence-electron chi connectivity index (χ0n) is 72.9. The van der Waals surface area contributed by atoms with Crippen molar-refractivity contribution in [1.29, 1.82) is 0 Å². The molecule has 0 radical (unpaired) electrons. The van der Waals surface area contributed by atoms with Gasteiger partial charge in [0.25, 0.3) is 0 Å². The quantitative estimate of drug-likeness (QED) is 0.102. The Morgan fingerprint density at radius 2 is 0.680 bits per heavy atom. The van der Waals surface area contributed by atoms with Gasteiger partial charge < -0.3 is 53.2 Å². The monoisotopic (exact) mass is 1740 g/mol. The molecule has 128 heavy (non-hydrogen) atoms. The summed E-state index contributed by atoms with van der Waals surface area (Å²) in [6.45, 7) is 61.5. The minimum atomic E-state index is -1.78. The molecule has 23 rings (SSSR count). The lowest BCUT2D eigenvalue weighted by atomic mass is 9.59. The average Bonchev–Trinajstić information content (AvgIpc) is 1.48. The van der Waals surface area contributed by atoms with Crippen LogP contribution in [0.3, 0.4) is 0 Å². The molecule has 0 bridgehead atoms. The van der Waals surface area contributed by atoms with Gasteiger partial charge >= 0.3 is 41.8 Å². The molecule has 14 saturated carbocycles. The van der Waals surface area contributed by atoms with E-state index in [0.717, 1.165) is 83.3 Å². The van der Waals surface area contributed by atoms with Crippen molar-refractivity contribution < 1.29 is 111 Å². The second-order valence-corrected chi connectivity index (χ2v) is 42.2. The van der Waals surface area contributed by atoms with Gasteiger partial charge in [0.05, 0.1) is 17.1 Å². The Bertz CT molecular complexity index is 5390. The van der Waals surface area contributed by atoms with E-state index >= 15 is 0 Å². The Kier molecular flexibility index (Phi) is 20.3. The molecule has 8 aliphatic heterocycles. The predicted molar refractivity (Wildman–Crippen MR) is 461 cm³/mol. The number of fused-ring (bicyclic) bond motifs is 27. The molecule has 23 heteroatoms. The first-order valence-corrected chi connectivity index (χ1v) is 46.6. The van der Waals surface area contributed by atoms with E-state index in [9.17, 15) is 72.9 Å². The van der Waals surface area contributed by atoms with E-state index in [1.54, 1.807) is 0 Å². The largest absolute Gasteiger partial charge is 0.483 e. The van der Waals surface area contributed by atoms with Crippen LogP contribution in [0.4, 0.5) is 0 Å². The maximum absolute atomic E-state index is 14.2. The van der Waals surface area contributed by atoms with Crippen LogP contribution in [0.25, 0.3) is 0 Å². The molecular formula is C105H116O23. The fourth-order valence-corrected chi connectivity index (χ4v) is 30.8. The molecule has 0 aromatic rings. The van der Waals surface area contributed by atoms with Crippen LogP contribution in [0.5, 0.6) is 0 Å². The van der Waals surface area contributed by atoms with Crippen molar-refractivity contribution in [3.8, 4) is 0 Å². The van der Waals surface area contributed by atoms with Gasteiger partial charge in [-0.1, -0.05) is 138 Å². The fourth-order valence-electron chi connectivity index (χ4n) is 30.8. The predicted octanol–water partition coefficient (Wildman–Crippen LogP) is 13.1. The lowest BCUT2D eigenvalue weighted by Crippen LogP contribution is -2.63. The van der Waals surface area contributed by atoms with Crippen molar-refractivity contribution in [2.45, 2.75) is 238 Å². The summed E-state index contributed by atoms with van der Waals surface area (Å²) in [5.74, 6) is -6.49. The summed E-state index contributed by atoms with van der Waals surface area (Å²) >= 11 is 0. The third kappa shape index (κ3) is 12.0. The Morgan fingerprint density at radius 1 is 0.312 bits per heavy atom. The van der Waals surface area contributed by atoms with E-state index < -0.39 is 106 Å². The molecule has 23 nitrogen and oxygen atoms in total. The van der Waals surface area contributed by atoms with Crippen LogP contribution < -0.4 is 0 Å². The van der Waals surface area contributed by atoms with Crippen LogP contribution in [0.15, 0.2) is 194 Å². The number of carbonyl (C=O) groups excluding carboxylic acids is 12. The number of carbonyl (C=O) groups is 12. The molecule has 2 spiro atoms. The number of Topliss-reactive ketones (excluding diaryl/α,β-unsaturated/α-hetero) is 5. The fraction of sp³-hybridized carbons (Fsp3) is 0.581. The molecule has 7 saturated heterocycles. The van der Waals surface area contributed by atoms with E-state index in [-0.39, 0.29) is 211 Å². The first-order chi connectivity index (χ1) is 60.7. The SMILES string of the molecule is C=C1C(=O)C[C@H]2C(=C)CC[C@H]3C(=C)C(=O)O[C@@H]3[C@@H]12.C=C1C(=O)O[C@@H]2[C@@H]3[C@@H](C[C@@]4(O)[C@]3(O)CC[C@]43C(=O)C[C@H]4C(=C)CC[C@H]5C(=C)C(=O)O[C@@H]5[C@H]43)C(=C)CC[C@@H]12.C=C1C(=O)O[C@@H]2[C@H]3C(CC[C@@]4(O)C(=O)C[C@H]5C(=C)CC[C@H]6C(=C)C(=O)O[C@@H]6[C@H]54)C(=O)C[C@H]3C(=C)CC[C@@H]12.C=C1C(=O)O[C@@H]2[C@H]3C4=C(C[C@H]3C(=C)CC[C@@H]12)O[C@]1(CC4)C(=O)C[C@H]2C(=C)CC[C@H]3C(=C)C(=O)O[C@@H]3[C@H]21. The number of allylic oxidation sites excluding steroid dienone is 8. The summed E-state index contributed by atoms with van der Waals surface area (Å²) in [5.41, 5.74) is 4.57. The van der Waals surface area contributed by atoms with Crippen molar-refractivity contribution in [2.24, 2.45) is 136 Å². The highest BCUT2D eigenvalue weighted by atomic mass is 16.6. The summed E-state index contributed by atoms with van der Waals surface area (Å²) in [4.78, 5) is 153. The smallest absolute Gasteiger partial charge is 0.334 e. The molecule has 674 valence electrons. The van der Waals surface area contributed by atoms with Crippen LogP contribution in [-0.4, -0.2) is 151 Å². The molecular weight excluding hydrogens is 1630 g/mol. The second-order valence-electron chi connectivity index (χ2n) is 42.2. The maximum Gasteiger partial charge on any atom is 0.334 e. The number of ether oxygens (including phenoxy) is 8. The van der Waals surface area contributed by atoms with Gasteiger partial charge in [-0.15, -0.1) is 0 Å². The number of hydrogen-bond acceptors (Lipinski definition) is 23. The van der Waals surface area contributed by atoms with Crippen molar-refractivity contribution in [1.82, 2.24) is 0 Å². The summed E-state index contributed by atoms with van der Waals surface area (Å²) < 4.78 is 47.3. The Morgan fingerprint density at radius 3 is 1.17 bits per heavy atom. The number of ketones is 5. The molecule has 23 aliphatic rings. The third-order valence-electron chi connectivity index (χ3n) is 37.4. The Hall–Kier alpha value is -9.84. The molecule has 21 fully saturated rings. The van der Waals surface area contributed by atoms with Crippen LogP contribution in [-0.2, 0) is 95.4 Å². The highest BCUT2D eigenvalue weighted by Gasteiger charge is 2.84. The van der Waals surface area contributed by atoms with Crippen LogP contribution in [0.2, 0.25) is 0 Å². The Labute approximate surface area is 745 Å². The van der Waals surface area contributed by atoms with E-state index in [1.807, 2.05) is 0 Å². The highest BCUT2D eigenvalue weighted by molar-refractivity contribution is 6.01. The summed E-state index contributed by atoms with van der Waals surface area (Å²) in [6, 6.07) is 0. The zero-order chi connectivity index (χ0) is 90.7. The molecule has 0 amide bonds. The van der Waals surface area contributed by atoms with Gasteiger partial charge in [0, 0.05) is 160 Å². The van der Waals surface area contributed by atoms with Crippen LogP contribution >= 0.6 is 0 Å². The molecule has 0 aromatic carbocycles. The molecule has 8 heterocycles. The van der Waals surface area contributed by atoms with Gasteiger partial charge in [-0.25, -0.2) is 33.6 Å². The van der Waals surface area contributed by atoms with Crippen LogP contribution in [0.1, 0.15) is 173 Å². The first kappa shape index (κ1) is 86.2. The number of aliphatic hydroxyl groups is 3. The number of rotatable bonds is 3. The van der Waals surface area contributed by atoms with Crippen molar-refractivity contribution in [3.63, 3.8) is 0 Å². The first-order valence-electron chi connectivity index (χ1n) is 46.6. The topological polar surface area (TPSA) is 339 Å². The number of esters is 7. The second kappa shape index (κ2) is 30.1. The minimum absolute atomic E-state index is 0.000618. The average molecular weight is 1750 g/mol. The van der Waals surface area contributed by atoms with Crippen molar-refractivity contribution in [2.75, 3.05) is 0 Å². The van der Waals surface area contributed by atoms with Gasteiger partial charge in [0.15, 0.2) is 23.0 Å². The van der Waals surface area contributed by atoms with E-state index in [0.29, 0.717) is 134 Å². The minimum Gasteiger partial charge on any atom is -0.483 e. The highest BCUT2D eigenvalue weighted by Crippen LogP contribution is 2.75. The maximum atomic E-state index is 14.2. The molecule has 34 atom stereocenters. The molecule has 3 N–H and O–H groups in total. The van der Waals surface area contributed by atoms with Crippen molar-refractivity contribution >= 4 is 70.7 Å². The van der Waals surface area contributed by atoms with E-state index in [2.05, 4.69) is 98.7 Å². The zero-order valence-corrected chi connectivity index (χ0v) is 72.9. The van der Waals surface area contributed by atoms with Crippen molar-refractivity contribution in [3.05, 3.63) is 194 Å². The lowest BCUT2D eigenvalue weighted by molar-refractivity contribution is -0.205. The standard InChI is InChI=1S/2C30H34O7.C30H32O6.C15H16O3/c1-13-5-7-17-15(3)26(32)36-24(17)22-19(13)11-21(31)28(22)9-10-29(34)23-20(12-30(28,29)35)14(2)6-8-18-16(4)27(33)37-25(18)23;1-13-5-7-17-15(3)28(33)36-26(17)24-19(22(31)11-20(13)24)9-10-30(35)23(32)12-21-14(2)6-8-18-16(4)29(34)37-27(18)25(21)30;1-13-5-7-17-15(3)28(32)34-26(17)24-19-9-10-30(36-22(19)11-20(13)24)23(31)12-21-14(2)6-8-18-16(4)29(33)35-27(18)25(21)30;1-7-4-5-10-8(2)15(17)18-14(10)13-9(3)12(16)6-11(7)13/h17-20,22-25,34-35H,1-12H2;17-21,24-27,35H,1-12H2;17-18,20-21,24-27H,1-12H2;10-11,13-14H,1-6H2/t17-,18-,19-,20-,22-,23-,24-,25-,28+,29-,30-;17-,18-,19?,20-,21-,24-,25-,26-,27-,30+;17-,18-,20-,21-,24-,25-,26-,27-,30+;10-,11-,13-,14-/m0000/s1. The van der Waals surface area contributed by atoms with Gasteiger partial charge in [0.2, 0.25) is 0 Å². The van der Waals surface area contributed by atoms with Gasteiger partial charge in [-0.2, -0.15) is 0 Å². The summed E-state index contributed by atoms with van der Waals surface area (Å²) in [6.07, 6.45) is 11.4. The van der Waals surface area contributed by atoms with Crippen LogP contribution in [0, 0.1) is 136 Å². The summed E-state index contributed by atoms with van der Waals surface area (Å²) in [5, 5.41) is 37.4. The molecule has 1 unspecified atom stereocenters. The van der Waals surface area contributed by atoms with E-state index in [4.69, 9.17) is 37.9 Å². The summed E-state index contributed by atoms with van der Waals surface area (Å²) in [7, 11) is 0. The number of hydrogen-bond donors (Lipinski definition) is 3. The normalized spacial score (nSPS) is 46.5. The molecule has 15 aliphatic carbocycles. The lowest BCUT2D eigenvalue weighted by Gasteiger charge is -2.48. The Balaban J connectivity index is 0.000000110. The third-order valence-corrected chi connectivity index (χ3v) is 37.4.